The Morgan fingerprint density at radius 2 is 2.06 bits per heavy atom. The van der Waals surface area contributed by atoms with Crippen molar-refractivity contribution in [3.8, 4) is 5.75 Å². The predicted molar refractivity (Wildman–Crippen MR) is 71.3 cm³/mol. The van der Waals surface area contributed by atoms with Crippen molar-refractivity contribution in [3.63, 3.8) is 0 Å². The van der Waals surface area contributed by atoms with Crippen LogP contribution in [-0.4, -0.2) is 44.7 Å². The third-order valence-corrected chi connectivity index (χ3v) is 3.11. The molecule has 0 saturated carbocycles. The minimum Gasteiger partial charge on any atom is -0.496 e. The van der Waals surface area contributed by atoms with Crippen LogP contribution in [0.3, 0.4) is 0 Å². The van der Waals surface area contributed by atoms with Crippen LogP contribution < -0.4 is 10.1 Å². The summed E-state index contributed by atoms with van der Waals surface area (Å²) in [6, 6.07) is 8.07. The highest BCUT2D eigenvalue weighted by Crippen LogP contribution is 2.25. The van der Waals surface area contributed by atoms with Gasteiger partial charge in [-0.2, -0.15) is 0 Å². The van der Waals surface area contributed by atoms with E-state index in [4.69, 9.17) is 4.74 Å². The minimum atomic E-state index is 0.910. The number of para-hydroxylation sites is 1. The quantitative estimate of drug-likeness (QED) is 0.853. The molecule has 92 valence electrons. The van der Waals surface area contributed by atoms with Gasteiger partial charge in [-0.05, 0) is 11.6 Å². The third kappa shape index (κ3) is 3.08. The maximum atomic E-state index is 5.36. The second-order valence-corrected chi connectivity index (χ2v) is 4.33. The van der Waals surface area contributed by atoms with Gasteiger partial charge in [-0.15, -0.1) is 0 Å². The Morgan fingerprint density at radius 1 is 1.35 bits per heavy atom. The average Bonchev–Trinajstić information content (AvgIpc) is 2.40. The molecule has 1 aliphatic rings. The number of methoxy groups -OCH3 is 1. The van der Waals surface area contributed by atoms with E-state index in [-0.39, 0.29) is 0 Å². The first kappa shape index (κ1) is 12.1. The molecular formula is C14H20N2O. The van der Waals surface area contributed by atoms with Crippen molar-refractivity contribution in [2.24, 2.45) is 0 Å². The summed E-state index contributed by atoms with van der Waals surface area (Å²) in [6.45, 7) is 9.42. The molecule has 0 spiro atoms. The van der Waals surface area contributed by atoms with Gasteiger partial charge in [-0.1, -0.05) is 24.8 Å². The molecule has 0 amide bonds. The lowest BCUT2D eigenvalue weighted by molar-refractivity contribution is 0.268. The van der Waals surface area contributed by atoms with E-state index in [1.165, 1.54) is 0 Å². The van der Waals surface area contributed by atoms with Crippen LogP contribution >= 0.6 is 0 Å². The Labute approximate surface area is 103 Å². The van der Waals surface area contributed by atoms with Crippen LogP contribution in [0.5, 0.6) is 5.75 Å². The molecule has 0 aliphatic carbocycles. The summed E-state index contributed by atoms with van der Waals surface area (Å²) in [6.07, 6.45) is 0. The van der Waals surface area contributed by atoms with Crippen molar-refractivity contribution in [3.05, 3.63) is 36.4 Å². The molecule has 0 atom stereocenters. The highest BCUT2D eigenvalue weighted by Gasteiger charge is 2.13. The Morgan fingerprint density at radius 3 is 2.76 bits per heavy atom. The van der Waals surface area contributed by atoms with E-state index in [9.17, 15) is 0 Å². The van der Waals surface area contributed by atoms with Crippen LogP contribution in [0.15, 0.2) is 30.8 Å². The zero-order valence-electron chi connectivity index (χ0n) is 10.4. The fourth-order valence-corrected chi connectivity index (χ4v) is 2.16. The molecule has 1 aliphatic heterocycles. The van der Waals surface area contributed by atoms with E-state index in [1.807, 2.05) is 18.2 Å². The first-order valence-corrected chi connectivity index (χ1v) is 6.05. The fourth-order valence-electron chi connectivity index (χ4n) is 2.16. The van der Waals surface area contributed by atoms with E-state index >= 15 is 0 Å². The second-order valence-electron chi connectivity index (χ2n) is 4.33. The molecule has 1 N–H and O–H groups in total. The zero-order chi connectivity index (χ0) is 12.1. The Kier molecular flexibility index (Phi) is 4.18. The summed E-state index contributed by atoms with van der Waals surface area (Å²) in [5.74, 6) is 0.910. The fraction of sp³-hybridized carbons (Fsp3) is 0.429. The second kappa shape index (κ2) is 5.84. The number of benzene rings is 1. The molecule has 0 aromatic heterocycles. The summed E-state index contributed by atoms with van der Waals surface area (Å²) < 4.78 is 5.36. The molecule has 1 heterocycles. The van der Waals surface area contributed by atoms with E-state index in [0.717, 1.165) is 49.6 Å². The number of piperazine rings is 1. The molecule has 1 saturated heterocycles. The molecule has 3 nitrogen and oxygen atoms in total. The van der Waals surface area contributed by atoms with Crippen molar-refractivity contribution in [2.75, 3.05) is 39.8 Å². The SMILES string of the molecule is C=C(CN1CCNCC1)c1ccccc1OC. The number of rotatable bonds is 4. The molecule has 1 aromatic rings. The maximum Gasteiger partial charge on any atom is 0.126 e. The van der Waals surface area contributed by atoms with Crippen molar-refractivity contribution in [2.45, 2.75) is 0 Å². The van der Waals surface area contributed by atoms with E-state index < -0.39 is 0 Å². The van der Waals surface area contributed by atoms with Crippen LogP contribution in [0.1, 0.15) is 5.56 Å². The number of hydrogen-bond acceptors (Lipinski definition) is 3. The van der Waals surface area contributed by atoms with Crippen LogP contribution in [0.25, 0.3) is 5.57 Å². The van der Waals surface area contributed by atoms with Gasteiger partial charge in [0.2, 0.25) is 0 Å². The third-order valence-electron chi connectivity index (χ3n) is 3.11. The van der Waals surface area contributed by atoms with Gasteiger partial charge in [0, 0.05) is 38.3 Å². The molecule has 2 rings (SSSR count). The van der Waals surface area contributed by atoms with Crippen LogP contribution in [0.4, 0.5) is 0 Å². The first-order chi connectivity index (χ1) is 8.31. The number of nitrogens with one attached hydrogen (secondary N) is 1. The smallest absolute Gasteiger partial charge is 0.126 e. The summed E-state index contributed by atoms with van der Waals surface area (Å²) >= 11 is 0. The number of ether oxygens (including phenoxy) is 1. The maximum absolute atomic E-state index is 5.36. The summed E-state index contributed by atoms with van der Waals surface area (Å²) in [7, 11) is 1.71. The van der Waals surface area contributed by atoms with Gasteiger partial charge in [0.15, 0.2) is 0 Å². The van der Waals surface area contributed by atoms with Crippen molar-refractivity contribution in [1.29, 1.82) is 0 Å². The standard InChI is InChI=1S/C14H20N2O/c1-12(11-16-9-7-15-8-10-16)13-5-3-4-6-14(13)17-2/h3-6,15H,1,7-11H2,2H3. The van der Waals surface area contributed by atoms with Gasteiger partial charge in [-0.25, -0.2) is 0 Å². The van der Waals surface area contributed by atoms with Gasteiger partial charge in [0.25, 0.3) is 0 Å². The lowest BCUT2D eigenvalue weighted by Gasteiger charge is -2.28. The average molecular weight is 232 g/mol. The van der Waals surface area contributed by atoms with E-state index in [1.54, 1.807) is 7.11 Å². The predicted octanol–water partition coefficient (Wildman–Crippen LogP) is 1.61. The topological polar surface area (TPSA) is 24.5 Å². The van der Waals surface area contributed by atoms with E-state index in [0.29, 0.717) is 0 Å². The molecule has 1 aromatic carbocycles. The largest absolute Gasteiger partial charge is 0.496 e. The first-order valence-electron chi connectivity index (χ1n) is 6.05. The lowest BCUT2D eigenvalue weighted by atomic mass is 10.1. The molecule has 17 heavy (non-hydrogen) atoms. The monoisotopic (exact) mass is 232 g/mol. The molecule has 0 unspecified atom stereocenters. The lowest BCUT2D eigenvalue weighted by Crippen LogP contribution is -2.43. The van der Waals surface area contributed by atoms with E-state index in [2.05, 4.69) is 22.9 Å². The van der Waals surface area contributed by atoms with Gasteiger partial charge < -0.3 is 10.1 Å². The van der Waals surface area contributed by atoms with Gasteiger partial charge in [0.05, 0.1) is 7.11 Å². The van der Waals surface area contributed by atoms with Gasteiger partial charge >= 0.3 is 0 Å². The molecular weight excluding hydrogens is 212 g/mol. The Bertz CT molecular complexity index is 384. The molecule has 0 radical (unpaired) electrons. The van der Waals surface area contributed by atoms with Gasteiger partial charge in [0.1, 0.15) is 5.75 Å². The van der Waals surface area contributed by atoms with Crippen LogP contribution in [0.2, 0.25) is 0 Å². The van der Waals surface area contributed by atoms with Gasteiger partial charge in [-0.3, -0.25) is 4.90 Å². The number of hydrogen-bond donors (Lipinski definition) is 1. The molecule has 3 heteroatoms. The summed E-state index contributed by atoms with van der Waals surface area (Å²) in [5.41, 5.74) is 2.25. The minimum absolute atomic E-state index is 0.910. The molecule has 1 fully saturated rings. The zero-order valence-corrected chi connectivity index (χ0v) is 10.4. The highest BCUT2D eigenvalue weighted by molar-refractivity contribution is 5.69. The Balaban J connectivity index is 2.03. The summed E-state index contributed by atoms with van der Waals surface area (Å²) in [4.78, 5) is 2.42. The highest BCUT2D eigenvalue weighted by atomic mass is 16.5. The van der Waals surface area contributed by atoms with Crippen LogP contribution in [0, 0.1) is 0 Å². The molecule has 0 bridgehead atoms. The van der Waals surface area contributed by atoms with Crippen molar-refractivity contribution < 1.29 is 4.74 Å². The number of nitrogens with zero attached hydrogens (tertiary/aromatic N) is 1. The summed E-state index contributed by atoms with van der Waals surface area (Å²) in [5, 5.41) is 3.35. The van der Waals surface area contributed by atoms with Crippen molar-refractivity contribution >= 4 is 5.57 Å². The van der Waals surface area contributed by atoms with Crippen molar-refractivity contribution in [1.82, 2.24) is 10.2 Å². The van der Waals surface area contributed by atoms with Crippen LogP contribution in [-0.2, 0) is 0 Å². The Hall–Kier alpha value is -1.32. The normalized spacial score (nSPS) is 16.8.